The molecule has 2 heteroatoms. The molecule has 0 aromatic heterocycles. The molecule has 0 aromatic rings. The van der Waals surface area contributed by atoms with E-state index in [-0.39, 0.29) is 0 Å². The minimum absolute atomic E-state index is 0.412. The first-order chi connectivity index (χ1) is 3.66. The fraction of sp³-hybridized carbons (Fsp3) is 0.500. The van der Waals surface area contributed by atoms with Crippen molar-refractivity contribution in [1.82, 2.24) is 0 Å². The Morgan fingerprint density at radius 1 is 1.50 bits per heavy atom. The Kier molecular flexibility index (Phi) is 3.08. The molecule has 0 saturated carbocycles. The molecule has 0 fully saturated rings. The average molecular weight is 115 g/mol. The zero-order chi connectivity index (χ0) is 6.57. The van der Waals surface area contributed by atoms with Crippen LogP contribution in [0, 0.1) is 0 Å². The van der Waals surface area contributed by atoms with E-state index in [1.807, 2.05) is 0 Å². The lowest BCUT2D eigenvalue weighted by Gasteiger charge is -1.84. The van der Waals surface area contributed by atoms with Crippen LogP contribution in [0.15, 0.2) is 17.0 Å². The third-order valence-electron chi connectivity index (χ3n) is 0.569. The van der Waals surface area contributed by atoms with E-state index >= 15 is 0 Å². The van der Waals surface area contributed by atoms with Gasteiger partial charge in [-0.1, -0.05) is 0 Å². The van der Waals surface area contributed by atoms with Gasteiger partial charge in [-0.05, 0) is 26.8 Å². The monoisotopic (exact) mass is 115 g/mol. The molecule has 0 amide bonds. The van der Waals surface area contributed by atoms with Gasteiger partial charge in [0.25, 0.3) is 0 Å². The molecule has 0 rings (SSSR count). The standard InChI is InChI=1S/C6H10FN/c1-4-6(7)8-5(2)3/h4H,1-3H3/b6-4-. The fourth-order valence-electron chi connectivity index (χ4n) is 0.278. The third kappa shape index (κ3) is 3.53. The van der Waals surface area contributed by atoms with Crippen LogP contribution in [-0.4, -0.2) is 5.71 Å². The van der Waals surface area contributed by atoms with Crippen molar-refractivity contribution in [1.29, 1.82) is 0 Å². The van der Waals surface area contributed by atoms with Gasteiger partial charge >= 0.3 is 0 Å². The molecule has 8 heavy (non-hydrogen) atoms. The molecule has 0 heterocycles. The molecule has 0 spiro atoms. The highest BCUT2D eigenvalue weighted by Gasteiger charge is 1.83. The molecule has 0 bridgehead atoms. The van der Waals surface area contributed by atoms with Gasteiger partial charge in [0.2, 0.25) is 5.95 Å². The second kappa shape index (κ2) is 3.36. The van der Waals surface area contributed by atoms with Crippen LogP contribution in [0.2, 0.25) is 0 Å². The van der Waals surface area contributed by atoms with Gasteiger partial charge in [-0.3, -0.25) is 0 Å². The molecule has 0 aliphatic carbocycles. The predicted molar refractivity (Wildman–Crippen MR) is 33.6 cm³/mol. The Hall–Kier alpha value is -0.660. The highest BCUT2D eigenvalue weighted by atomic mass is 19.1. The van der Waals surface area contributed by atoms with Gasteiger partial charge < -0.3 is 0 Å². The van der Waals surface area contributed by atoms with Crippen molar-refractivity contribution in [2.45, 2.75) is 20.8 Å². The molecule has 0 unspecified atom stereocenters. The van der Waals surface area contributed by atoms with Crippen LogP contribution < -0.4 is 0 Å². The van der Waals surface area contributed by atoms with E-state index in [9.17, 15) is 4.39 Å². The quantitative estimate of drug-likeness (QED) is 0.367. The number of hydrogen-bond acceptors (Lipinski definition) is 1. The molecule has 46 valence electrons. The van der Waals surface area contributed by atoms with Gasteiger partial charge in [0.15, 0.2) is 0 Å². The summed E-state index contributed by atoms with van der Waals surface area (Å²) in [6, 6.07) is 0. The van der Waals surface area contributed by atoms with Crippen molar-refractivity contribution in [2.24, 2.45) is 4.99 Å². The number of allylic oxidation sites excluding steroid dienone is 1. The summed E-state index contributed by atoms with van der Waals surface area (Å²) in [5.41, 5.74) is 0.737. The lowest BCUT2D eigenvalue weighted by Crippen LogP contribution is -1.78. The maximum absolute atomic E-state index is 12.1. The van der Waals surface area contributed by atoms with E-state index < -0.39 is 5.95 Å². The van der Waals surface area contributed by atoms with Crippen molar-refractivity contribution in [2.75, 3.05) is 0 Å². The number of aliphatic imine (C=N–C) groups is 1. The van der Waals surface area contributed by atoms with Crippen LogP contribution in [0.5, 0.6) is 0 Å². The van der Waals surface area contributed by atoms with Gasteiger partial charge in [-0.15, -0.1) is 0 Å². The van der Waals surface area contributed by atoms with Gasteiger partial charge in [0.05, 0.1) is 0 Å². The zero-order valence-corrected chi connectivity index (χ0v) is 5.40. The van der Waals surface area contributed by atoms with Crippen LogP contribution in [0.25, 0.3) is 0 Å². The lowest BCUT2D eigenvalue weighted by molar-refractivity contribution is 0.626. The second-order valence-corrected chi connectivity index (χ2v) is 1.67. The summed E-state index contributed by atoms with van der Waals surface area (Å²) in [6.45, 7) is 5.12. The Labute approximate surface area is 48.9 Å². The van der Waals surface area contributed by atoms with Crippen LogP contribution >= 0.6 is 0 Å². The smallest absolute Gasteiger partial charge is 0.208 e. The first-order valence-corrected chi connectivity index (χ1v) is 2.50. The van der Waals surface area contributed by atoms with E-state index in [0.29, 0.717) is 0 Å². The van der Waals surface area contributed by atoms with Gasteiger partial charge in [0.1, 0.15) is 0 Å². The largest absolute Gasteiger partial charge is 0.230 e. The minimum Gasteiger partial charge on any atom is -0.230 e. The van der Waals surface area contributed by atoms with Crippen molar-refractivity contribution in [3.8, 4) is 0 Å². The van der Waals surface area contributed by atoms with Crippen LogP contribution in [0.1, 0.15) is 20.8 Å². The van der Waals surface area contributed by atoms with E-state index in [0.717, 1.165) is 5.71 Å². The van der Waals surface area contributed by atoms with Crippen LogP contribution in [0.3, 0.4) is 0 Å². The van der Waals surface area contributed by atoms with E-state index in [1.165, 1.54) is 6.08 Å². The molecular weight excluding hydrogens is 105 g/mol. The van der Waals surface area contributed by atoms with Gasteiger partial charge in [0, 0.05) is 5.71 Å². The topological polar surface area (TPSA) is 12.4 Å². The number of halogens is 1. The lowest BCUT2D eigenvalue weighted by atomic mass is 10.5. The Balaban J connectivity index is 3.89. The zero-order valence-electron chi connectivity index (χ0n) is 5.40. The molecule has 1 nitrogen and oxygen atoms in total. The summed E-state index contributed by atoms with van der Waals surface area (Å²) in [6.07, 6.45) is 1.33. The highest BCUT2D eigenvalue weighted by Crippen LogP contribution is 1.96. The van der Waals surface area contributed by atoms with Crippen molar-refractivity contribution >= 4 is 5.71 Å². The fourth-order valence-corrected chi connectivity index (χ4v) is 0.278. The van der Waals surface area contributed by atoms with Crippen molar-refractivity contribution in [3.05, 3.63) is 12.0 Å². The Morgan fingerprint density at radius 3 is 2.12 bits per heavy atom. The van der Waals surface area contributed by atoms with Crippen LogP contribution in [-0.2, 0) is 0 Å². The SMILES string of the molecule is C/C=C(/F)N=C(C)C. The van der Waals surface area contributed by atoms with Gasteiger partial charge in [-0.2, -0.15) is 4.39 Å². The Morgan fingerprint density at radius 2 is 2.00 bits per heavy atom. The van der Waals surface area contributed by atoms with E-state index in [2.05, 4.69) is 4.99 Å². The summed E-state index contributed by atoms with van der Waals surface area (Å²) in [4.78, 5) is 3.51. The molecule has 0 aliphatic rings. The molecular formula is C6H10FN. The summed E-state index contributed by atoms with van der Waals surface area (Å²) in [5.74, 6) is -0.412. The summed E-state index contributed by atoms with van der Waals surface area (Å²) in [7, 11) is 0. The molecule has 0 atom stereocenters. The molecule has 0 aliphatic heterocycles. The van der Waals surface area contributed by atoms with Crippen molar-refractivity contribution < 1.29 is 4.39 Å². The van der Waals surface area contributed by atoms with Crippen molar-refractivity contribution in [3.63, 3.8) is 0 Å². The third-order valence-corrected chi connectivity index (χ3v) is 0.569. The second-order valence-electron chi connectivity index (χ2n) is 1.67. The van der Waals surface area contributed by atoms with E-state index in [4.69, 9.17) is 0 Å². The first-order valence-electron chi connectivity index (χ1n) is 2.50. The number of rotatable bonds is 1. The maximum Gasteiger partial charge on any atom is 0.208 e. The summed E-state index contributed by atoms with van der Waals surface area (Å²) in [5, 5.41) is 0. The molecule has 0 saturated heterocycles. The first kappa shape index (κ1) is 7.34. The normalized spacial score (nSPS) is 11.2. The van der Waals surface area contributed by atoms with Crippen LogP contribution in [0.4, 0.5) is 4.39 Å². The summed E-state index contributed by atoms with van der Waals surface area (Å²) >= 11 is 0. The average Bonchev–Trinajstić information content (AvgIpc) is 1.65. The molecule has 0 aromatic carbocycles. The molecule has 0 radical (unpaired) electrons. The van der Waals surface area contributed by atoms with E-state index in [1.54, 1.807) is 20.8 Å². The number of nitrogens with zero attached hydrogens (tertiary/aromatic N) is 1. The summed E-state index contributed by atoms with van der Waals surface area (Å²) < 4.78 is 12.1. The number of hydrogen-bond donors (Lipinski definition) is 0. The van der Waals surface area contributed by atoms with Gasteiger partial charge in [-0.25, -0.2) is 4.99 Å². The predicted octanol–water partition coefficient (Wildman–Crippen LogP) is 2.30. The molecule has 0 N–H and O–H groups in total. The Bertz CT molecular complexity index is 120. The maximum atomic E-state index is 12.1. The highest BCUT2D eigenvalue weighted by molar-refractivity contribution is 5.79. The minimum atomic E-state index is -0.412.